The summed E-state index contributed by atoms with van der Waals surface area (Å²) in [6, 6.07) is 6.52. The van der Waals surface area contributed by atoms with E-state index in [1.54, 1.807) is 0 Å². The van der Waals surface area contributed by atoms with Gasteiger partial charge in [0.25, 0.3) is 0 Å². The zero-order valence-corrected chi connectivity index (χ0v) is 9.51. The first-order valence-electron chi connectivity index (χ1n) is 5.36. The molecule has 0 aliphatic heterocycles. The number of halogens is 2. The van der Waals surface area contributed by atoms with Gasteiger partial charge in [0.05, 0.1) is 5.69 Å². The SMILES string of the molecule is Nc1nc2ccc(O)nc2n1-c1cccc(F)c1F. The summed E-state index contributed by atoms with van der Waals surface area (Å²) in [7, 11) is 0. The summed E-state index contributed by atoms with van der Waals surface area (Å²) in [5, 5.41) is 9.37. The van der Waals surface area contributed by atoms with Crippen molar-refractivity contribution < 1.29 is 13.9 Å². The molecule has 2 aromatic heterocycles. The lowest BCUT2D eigenvalue weighted by Gasteiger charge is -2.07. The van der Waals surface area contributed by atoms with Gasteiger partial charge >= 0.3 is 0 Å². The lowest BCUT2D eigenvalue weighted by molar-refractivity contribution is 0.455. The molecule has 0 spiro atoms. The molecule has 3 aromatic rings. The molecule has 0 atom stereocenters. The van der Waals surface area contributed by atoms with Crippen LogP contribution in [0.25, 0.3) is 16.9 Å². The molecule has 0 amide bonds. The quantitative estimate of drug-likeness (QED) is 0.703. The zero-order valence-electron chi connectivity index (χ0n) is 9.51. The molecule has 0 saturated carbocycles. The molecule has 0 bridgehead atoms. The largest absolute Gasteiger partial charge is 0.493 e. The molecular weight excluding hydrogens is 254 g/mol. The summed E-state index contributed by atoms with van der Waals surface area (Å²) in [4.78, 5) is 7.81. The van der Waals surface area contributed by atoms with Crippen LogP contribution in [0.1, 0.15) is 0 Å². The Morgan fingerprint density at radius 2 is 1.89 bits per heavy atom. The van der Waals surface area contributed by atoms with Gasteiger partial charge < -0.3 is 10.8 Å². The molecule has 0 unspecified atom stereocenters. The van der Waals surface area contributed by atoms with Crippen LogP contribution in [0.15, 0.2) is 30.3 Å². The van der Waals surface area contributed by atoms with Crippen LogP contribution in [0.3, 0.4) is 0 Å². The van der Waals surface area contributed by atoms with Crippen molar-refractivity contribution in [3.05, 3.63) is 42.0 Å². The minimum Gasteiger partial charge on any atom is -0.493 e. The van der Waals surface area contributed by atoms with Crippen LogP contribution < -0.4 is 5.73 Å². The number of pyridine rings is 1. The number of aromatic nitrogens is 3. The number of imidazole rings is 1. The van der Waals surface area contributed by atoms with Crippen LogP contribution >= 0.6 is 0 Å². The van der Waals surface area contributed by atoms with E-state index in [1.165, 1.54) is 24.3 Å². The number of anilines is 1. The third-order valence-electron chi connectivity index (χ3n) is 2.69. The summed E-state index contributed by atoms with van der Waals surface area (Å²) in [5.41, 5.74) is 6.11. The first-order valence-corrected chi connectivity index (χ1v) is 5.36. The number of nitrogen functional groups attached to an aromatic ring is 1. The van der Waals surface area contributed by atoms with Crippen LogP contribution in [0.5, 0.6) is 5.88 Å². The van der Waals surface area contributed by atoms with Crippen molar-refractivity contribution in [1.82, 2.24) is 14.5 Å². The number of hydrogen-bond donors (Lipinski definition) is 2. The molecule has 0 fully saturated rings. The number of fused-ring (bicyclic) bond motifs is 1. The lowest BCUT2D eigenvalue weighted by atomic mass is 10.3. The Hall–Kier alpha value is -2.70. The maximum atomic E-state index is 13.8. The van der Waals surface area contributed by atoms with Gasteiger partial charge in [-0.15, -0.1) is 0 Å². The highest BCUT2D eigenvalue weighted by Gasteiger charge is 2.17. The number of benzene rings is 1. The highest BCUT2D eigenvalue weighted by atomic mass is 19.2. The fourth-order valence-electron chi connectivity index (χ4n) is 1.87. The van der Waals surface area contributed by atoms with Crippen LogP contribution in [0, 0.1) is 11.6 Å². The Morgan fingerprint density at radius 1 is 1.11 bits per heavy atom. The van der Waals surface area contributed by atoms with E-state index in [4.69, 9.17) is 5.73 Å². The van der Waals surface area contributed by atoms with Gasteiger partial charge in [0.2, 0.25) is 11.8 Å². The Balaban J connectivity index is 2.39. The molecule has 0 aliphatic rings. The zero-order chi connectivity index (χ0) is 13.6. The smallest absolute Gasteiger partial charge is 0.212 e. The normalized spacial score (nSPS) is 11.1. The topological polar surface area (TPSA) is 77.0 Å². The average Bonchev–Trinajstić information content (AvgIpc) is 2.69. The van der Waals surface area contributed by atoms with E-state index >= 15 is 0 Å². The molecule has 0 saturated heterocycles. The van der Waals surface area contributed by atoms with Crippen molar-refractivity contribution in [1.29, 1.82) is 0 Å². The van der Waals surface area contributed by atoms with E-state index in [2.05, 4.69) is 9.97 Å². The molecule has 3 N–H and O–H groups in total. The van der Waals surface area contributed by atoms with E-state index in [0.29, 0.717) is 5.52 Å². The van der Waals surface area contributed by atoms with Gasteiger partial charge in [0.15, 0.2) is 17.3 Å². The third kappa shape index (κ3) is 1.67. The summed E-state index contributed by atoms with van der Waals surface area (Å²) in [6.45, 7) is 0. The van der Waals surface area contributed by atoms with Crippen LogP contribution in [-0.4, -0.2) is 19.6 Å². The number of hydrogen-bond acceptors (Lipinski definition) is 4. The van der Waals surface area contributed by atoms with Gasteiger partial charge in [-0.3, -0.25) is 4.57 Å². The molecular formula is C12H8F2N4O. The highest BCUT2D eigenvalue weighted by molar-refractivity contribution is 5.77. The van der Waals surface area contributed by atoms with E-state index in [9.17, 15) is 13.9 Å². The van der Waals surface area contributed by atoms with Gasteiger partial charge in [-0.25, -0.2) is 13.8 Å². The minimum absolute atomic E-state index is 0.0439. The second-order valence-electron chi connectivity index (χ2n) is 3.89. The van der Waals surface area contributed by atoms with Crippen molar-refractivity contribution in [2.75, 3.05) is 5.73 Å². The van der Waals surface area contributed by atoms with Crippen molar-refractivity contribution in [3.63, 3.8) is 0 Å². The molecule has 19 heavy (non-hydrogen) atoms. The summed E-state index contributed by atoms with van der Waals surface area (Å²) >= 11 is 0. The van der Waals surface area contributed by atoms with Crippen molar-refractivity contribution in [3.8, 4) is 11.6 Å². The minimum atomic E-state index is -1.06. The van der Waals surface area contributed by atoms with Gasteiger partial charge in [0.1, 0.15) is 5.52 Å². The number of rotatable bonds is 1. The van der Waals surface area contributed by atoms with Crippen LogP contribution in [0.4, 0.5) is 14.7 Å². The Morgan fingerprint density at radius 3 is 2.68 bits per heavy atom. The van der Waals surface area contributed by atoms with Crippen LogP contribution in [0.2, 0.25) is 0 Å². The second-order valence-corrected chi connectivity index (χ2v) is 3.89. The molecule has 96 valence electrons. The maximum absolute atomic E-state index is 13.8. The highest BCUT2D eigenvalue weighted by Crippen LogP contribution is 2.25. The van der Waals surface area contributed by atoms with E-state index in [0.717, 1.165) is 10.6 Å². The summed E-state index contributed by atoms with van der Waals surface area (Å²) in [6.07, 6.45) is 0. The first kappa shape index (κ1) is 11.4. The van der Waals surface area contributed by atoms with Gasteiger partial charge in [-0.05, 0) is 18.2 Å². The number of nitrogens with zero attached hydrogens (tertiary/aromatic N) is 3. The lowest BCUT2D eigenvalue weighted by Crippen LogP contribution is -2.05. The molecule has 1 aromatic carbocycles. The summed E-state index contributed by atoms with van der Waals surface area (Å²) in [5.74, 6) is -2.36. The summed E-state index contributed by atoms with van der Waals surface area (Å²) < 4.78 is 28.2. The molecule has 3 rings (SSSR count). The Kier molecular flexibility index (Phi) is 2.34. The molecule has 0 radical (unpaired) electrons. The Bertz CT molecular complexity index is 785. The third-order valence-corrected chi connectivity index (χ3v) is 2.69. The van der Waals surface area contributed by atoms with Crippen molar-refractivity contribution in [2.24, 2.45) is 0 Å². The predicted octanol–water partition coefficient (Wildman–Crippen LogP) is 1.99. The number of aromatic hydroxyl groups is 1. The fraction of sp³-hybridized carbons (Fsp3) is 0. The van der Waals surface area contributed by atoms with Gasteiger partial charge in [-0.2, -0.15) is 4.98 Å². The van der Waals surface area contributed by atoms with E-state index in [-0.39, 0.29) is 23.2 Å². The monoisotopic (exact) mass is 262 g/mol. The molecule has 0 aliphatic carbocycles. The average molecular weight is 262 g/mol. The molecule has 7 heteroatoms. The van der Waals surface area contributed by atoms with E-state index < -0.39 is 11.6 Å². The van der Waals surface area contributed by atoms with Crippen LogP contribution in [-0.2, 0) is 0 Å². The van der Waals surface area contributed by atoms with Crippen molar-refractivity contribution >= 4 is 17.1 Å². The molecule has 5 nitrogen and oxygen atoms in total. The first-order chi connectivity index (χ1) is 9.08. The standard InChI is InChI=1S/C12H8F2N4O/c13-6-2-1-3-8(10(6)14)18-11-7(16-12(18)15)4-5-9(19)17-11/h1-5H,(H2,15,16)(H,17,19). The second kappa shape index (κ2) is 3.91. The maximum Gasteiger partial charge on any atom is 0.212 e. The van der Waals surface area contributed by atoms with Gasteiger partial charge in [-0.1, -0.05) is 6.07 Å². The fourth-order valence-corrected chi connectivity index (χ4v) is 1.87. The Labute approximate surface area is 105 Å². The van der Waals surface area contributed by atoms with E-state index in [1.807, 2.05) is 0 Å². The van der Waals surface area contributed by atoms with Crippen molar-refractivity contribution in [2.45, 2.75) is 0 Å². The number of nitrogens with two attached hydrogens (primary N) is 1. The van der Waals surface area contributed by atoms with Gasteiger partial charge in [0, 0.05) is 6.07 Å². The molecule has 2 heterocycles. The predicted molar refractivity (Wildman–Crippen MR) is 64.9 cm³/mol.